The molecule has 5 rings (SSSR count). The number of rotatable bonds is 2. The Labute approximate surface area is 135 Å². The van der Waals surface area contributed by atoms with Gasteiger partial charge in [-0.25, -0.2) is 4.89 Å². The van der Waals surface area contributed by atoms with Crippen LogP contribution >= 0.6 is 11.6 Å². The number of ether oxygens (including phenoxy) is 2. The van der Waals surface area contributed by atoms with Gasteiger partial charge in [-0.3, -0.25) is 0 Å². The SMILES string of the molecule is COC1O[C@@]2(c3ccc(Cl)cc3)CC[C@H]3CCCC[C@@]13OO2. The molecule has 1 aromatic carbocycles. The minimum atomic E-state index is -0.895. The van der Waals surface area contributed by atoms with Crippen LogP contribution in [0.4, 0.5) is 0 Å². The van der Waals surface area contributed by atoms with Crippen LogP contribution in [0.5, 0.6) is 0 Å². The van der Waals surface area contributed by atoms with Crippen molar-refractivity contribution in [3.63, 3.8) is 0 Å². The molecule has 4 aliphatic rings. The van der Waals surface area contributed by atoms with Crippen molar-refractivity contribution in [3.05, 3.63) is 34.9 Å². The van der Waals surface area contributed by atoms with E-state index < -0.39 is 17.7 Å². The van der Waals surface area contributed by atoms with Crippen LogP contribution in [0.1, 0.15) is 44.1 Å². The van der Waals surface area contributed by atoms with E-state index in [4.69, 9.17) is 30.8 Å². The van der Waals surface area contributed by atoms with Crippen molar-refractivity contribution in [2.45, 2.75) is 56.2 Å². The van der Waals surface area contributed by atoms with Crippen molar-refractivity contribution in [3.8, 4) is 0 Å². The molecule has 3 heterocycles. The molecule has 4 nitrogen and oxygen atoms in total. The number of halogens is 1. The number of methoxy groups -OCH3 is 1. The number of hydrogen-bond donors (Lipinski definition) is 0. The van der Waals surface area contributed by atoms with Crippen LogP contribution in [-0.4, -0.2) is 19.0 Å². The van der Waals surface area contributed by atoms with Gasteiger partial charge in [0.2, 0.25) is 5.79 Å². The van der Waals surface area contributed by atoms with Gasteiger partial charge in [-0.15, -0.1) is 0 Å². The van der Waals surface area contributed by atoms with Gasteiger partial charge in [-0.2, -0.15) is 4.89 Å². The van der Waals surface area contributed by atoms with E-state index >= 15 is 0 Å². The molecular formula is C17H21ClO4. The average Bonchev–Trinajstić information content (AvgIpc) is 2.81. The van der Waals surface area contributed by atoms with Gasteiger partial charge in [0.1, 0.15) is 0 Å². The predicted octanol–water partition coefficient (Wildman–Crippen LogP) is 4.17. The maximum Gasteiger partial charge on any atom is 0.230 e. The summed E-state index contributed by atoms with van der Waals surface area (Å²) in [5, 5.41) is 0.693. The number of benzene rings is 1. The van der Waals surface area contributed by atoms with E-state index in [2.05, 4.69) is 0 Å². The Morgan fingerprint density at radius 3 is 2.68 bits per heavy atom. The molecule has 1 aromatic rings. The molecule has 4 fully saturated rings. The highest BCUT2D eigenvalue weighted by Crippen LogP contribution is 2.55. The topological polar surface area (TPSA) is 36.9 Å². The second-order valence-corrected chi connectivity index (χ2v) is 6.98. The maximum absolute atomic E-state index is 6.32. The van der Waals surface area contributed by atoms with Crippen LogP contribution in [0, 0.1) is 5.92 Å². The normalized spacial score (nSPS) is 41.0. The van der Waals surface area contributed by atoms with E-state index in [1.54, 1.807) is 7.11 Å². The summed E-state index contributed by atoms with van der Waals surface area (Å²) in [7, 11) is 1.69. The van der Waals surface area contributed by atoms with Gasteiger partial charge in [0, 0.05) is 24.1 Å². The first-order valence-electron chi connectivity index (χ1n) is 8.02. The first-order chi connectivity index (χ1) is 10.7. The molecule has 2 bridgehead atoms. The summed E-state index contributed by atoms with van der Waals surface area (Å²) >= 11 is 6.00. The smallest absolute Gasteiger partial charge is 0.230 e. The zero-order valence-electron chi connectivity index (χ0n) is 12.7. The summed E-state index contributed by atoms with van der Waals surface area (Å²) in [4.78, 5) is 11.9. The molecule has 3 aliphatic heterocycles. The van der Waals surface area contributed by atoms with Crippen LogP contribution in [0.15, 0.2) is 24.3 Å². The van der Waals surface area contributed by atoms with Gasteiger partial charge in [0.25, 0.3) is 0 Å². The molecule has 1 saturated carbocycles. The average molecular weight is 325 g/mol. The van der Waals surface area contributed by atoms with Crippen molar-refractivity contribution < 1.29 is 19.2 Å². The summed E-state index contributed by atoms with van der Waals surface area (Å²) in [5.41, 5.74) is 0.465. The molecule has 0 amide bonds. The summed E-state index contributed by atoms with van der Waals surface area (Å²) in [6.45, 7) is 0. The lowest BCUT2D eigenvalue weighted by atomic mass is 9.73. The van der Waals surface area contributed by atoms with Gasteiger partial charge < -0.3 is 9.47 Å². The van der Waals surface area contributed by atoms with Gasteiger partial charge in [-0.1, -0.05) is 36.6 Å². The quantitative estimate of drug-likeness (QED) is 0.765. The third-order valence-corrected chi connectivity index (χ3v) is 5.66. The summed E-state index contributed by atoms with van der Waals surface area (Å²) < 4.78 is 12.0. The Balaban J connectivity index is 1.73. The Hall–Kier alpha value is -0.650. The fourth-order valence-corrected chi connectivity index (χ4v) is 4.33. The molecule has 0 radical (unpaired) electrons. The van der Waals surface area contributed by atoms with Crippen LogP contribution in [0.2, 0.25) is 5.02 Å². The Morgan fingerprint density at radius 1 is 1.09 bits per heavy atom. The molecule has 22 heavy (non-hydrogen) atoms. The van der Waals surface area contributed by atoms with E-state index in [1.807, 2.05) is 24.3 Å². The van der Waals surface area contributed by atoms with E-state index in [-0.39, 0.29) is 0 Å². The van der Waals surface area contributed by atoms with E-state index in [0.717, 1.165) is 37.7 Å². The fraction of sp³-hybridized carbons (Fsp3) is 0.647. The summed E-state index contributed by atoms with van der Waals surface area (Å²) in [6, 6.07) is 7.57. The third-order valence-electron chi connectivity index (χ3n) is 5.41. The highest BCUT2D eigenvalue weighted by molar-refractivity contribution is 6.30. The fourth-order valence-electron chi connectivity index (χ4n) is 4.20. The third kappa shape index (κ3) is 2.13. The largest absolute Gasteiger partial charge is 0.353 e. The zero-order chi connectivity index (χ0) is 15.2. The summed E-state index contributed by atoms with van der Waals surface area (Å²) in [6.07, 6.45) is 5.81. The Morgan fingerprint density at radius 2 is 1.91 bits per heavy atom. The van der Waals surface area contributed by atoms with E-state index in [1.165, 1.54) is 6.42 Å². The molecular weight excluding hydrogens is 304 g/mol. The first kappa shape index (κ1) is 14.9. The van der Waals surface area contributed by atoms with Crippen LogP contribution < -0.4 is 0 Å². The molecule has 1 spiro atoms. The van der Waals surface area contributed by atoms with E-state index in [9.17, 15) is 0 Å². The van der Waals surface area contributed by atoms with Crippen molar-refractivity contribution in [2.24, 2.45) is 5.92 Å². The highest BCUT2D eigenvalue weighted by Gasteiger charge is 2.61. The number of hydrogen-bond acceptors (Lipinski definition) is 4. The second kappa shape index (κ2) is 5.46. The minimum absolute atomic E-state index is 0.398. The van der Waals surface area contributed by atoms with Crippen molar-refractivity contribution in [1.82, 2.24) is 0 Å². The standard InChI is InChI=1S/C17H21ClO4/c1-19-15-16-10-3-2-4-12(16)9-11-17(20-15,22-21-16)13-5-7-14(18)8-6-13/h5-8,12,15H,2-4,9-11H2,1H3/t12-,15?,16+,17+/m1/s1. The molecule has 0 N–H and O–H groups in total. The molecule has 5 heteroatoms. The van der Waals surface area contributed by atoms with Gasteiger partial charge in [0.05, 0.1) is 0 Å². The maximum atomic E-state index is 6.32. The monoisotopic (exact) mass is 324 g/mol. The first-order valence-corrected chi connectivity index (χ1v) is 8.40. The molecule has 120 valence electrons. The summed E-state index contributed by atoms with van der Waals surface area (Å²) in [5.74, 6) is -0.476. The second-order valence-electron chi connectivity index (χ2n) is 6.55. The van der Waals surface area contributed by atoms with E-state index in [0.29, 0.717) is 10.9 Å². The van der Waals surface area contributed by atoms with Crippen LogP contribution in [-0.2, 0) is 25.0 Å². The Kier molecular flexibility index (Phi) is 3.70. The lowest BCUT2D eigenvalue weighted by molar-refractivity contribution is -0.558. The van der Waals surface area contributed by atoms with Crippen molar-refractivity contribution >= 4 is 11.6 Å². The molecule has 1 aliphatic carbocycles. The minimum Gasteiger partial charge on any atom is -0.353 e. The van der Waals surface area contributed by atoms with Gasteiger partial charge >= 0.3 is 0 Å². The lowest BCUT2D eigenvalue weighted by Gasteiger charge is -2.49. The zero-order valence-corrected chi connectivity index (χ0v) is 13.5. The molecule has 4 atom stereocenters. The highest BCUT2D eigenvalue weighted by atomic mass is 35.5. The molecule has 3 saturated heterocycles. The van der Waals surface area contributed by atoms with Gasteiger partial charge in [-0.05, 0) is 37.3 Å². The predicted molar refractivity (Wildman–Crippen MR) is 81.1 cm³/mol. The van der Waals surface area contributed by atoms with Crippen molar-refractivity contribution in [1.29, 1.82) is 0 Å². The lowest BCUT2D eigenvalue weighted by Crippen LogP contribution is -2.59. The van der Waals surface area contributed by atoms with Gasteiger partial charge in [0.15, 0.2) is 11.9 Å². The number of fused-ring (bicyclic) bond motifs is 3. The molecule has 0 aromatic heterocycles. The molecule has 1 unspecified atom stereocenters. The Bertz CT molecular complexity index is 544. The van der Waals surface area contributed by atoms with Crippen LogP contribution in [0.25, 0.3) is 0 Å². The van der Waals surface area contributed by atoms with Crippen LogP contribution in [0.3, 0.4) is 0 Å². The van der Waals surface area contributed by atoms with Crippen molar-refractivity contribution in [2.75, 3.05) is 7.11 Å².